The van der Waals surface area contributed by atoms with Crippen LogP contribution in [0.3, 0.4) is 0 Å². The third-order valence-corrected chi connectivity index (χ3v) is 4.12. The maximum absolute atomic E-state index is 5.50. The summed E-state index contributed by atoms with van der Waals surface area (Å²) in [5, 5.41) is 3.58. The van der Waals surface area contributed by atoms with E-state index >= 15 is 0 Å². The van der Waals surface area contributed by atoms with Gasteiger partial charge in [0.25, 0.3) is 0 Å². The van der Waals surface area contributed by atoms with Crippen molar-refractivity contribution < 1.29 is 0 Å². The van der Waals surface area contributed by atoms with E-state index in [1.807, 2.05) is 0 Å². The minimum atomic E-state index is 0.326. The topological polar surface area (TPSA) is 63.8 Å². The van der Waals surface area contributed by atoms with Crippen LogP contribution in [0.5, 0.6) is 0 Å². The van der Waals surface area contributed by atoms with Crippen LogP contribution in [0, 0.1) is 5.92 Å². The number of nitrogen functional groups attached to an aromatic ring is 1. The summed E-state index contributed by atoms with van der Waals surface area (Å²) in [6, 6.07) is 11.1. The van der Waals surface area contributed by atoms with Crippen LogP contribution in [-0.2, 0) is 6.54 Å². The largest absolute Gasteiger partial charge is 0.368 e. The minimum Gasteiger partial charge on any atom is -0.368 e. The normalized spacial score (nSPS) is 20.9. The standard InChI is InChI=1S/C18H22N4/c1-2-15(8-13-6-4-3-5-7-13)16-9-17(16)20-10-14-11-21-18(19)22-12-14/h3-8,11-12,16-17,20H,2,9-10H2,1H3,(H2,19,21,22)/b15-8+/t16-,17+/m0/s1. The van der Waals surface area contributed by atoms with Crippen molar-refractivity contribution in [1.29, 1.82) is 0 Å². The summed E-state index contributed by atoms with van der Waals surface area (Å²) in [5.41, 5.74) is 9.39. The van der Waals surface area contributed by atoms with Gasteiger partial charge in [-0.15, -0.1) is 0 Å². The van der Waals surface area contributed by atoms with Crippen LogP contribution in [0.25, 0.3) is 6.08 Å². The van der Waals surface area contributed by atoms with E-state index in [4.69, 9.17) is 5.73 Å². The van der Waals surface area contributed by atoms with Crippen LogP contribution in [0.2, 0.25) is 0 Å². The Morgan fingerprint density at radius 2 is 2.00 bits per heavy atom. The van der Waals surface area contributed by atoms with Gasteiger partial charge >= 0.3 is 0 Å². The van der Waals surface area contributed by atoms with E-state index in [0.29, 0.717) is 17.9 Å². The molecule has 0 bridgehead atoms. The molecule has 1 fully saturated rings. The highest BCUT2D eigenvalue weighted by atomic mass is 15.0. The number of nitrogens with two attached hydrogens (primary N) is 1. The summed E-state index contributed by atoms with van der Waals surface area (Å²) in [5.74, 6) is 0.979. The maximum Gasteiger partial charge on any atom is 0.219 e. The molecule has 1 aromatic heterocycles. The first kappa shape index (κ1) is 14.7. The molecule has 0 unspecified atom stereocenters. The van der Waals surface area contributed by atoms with Gasteiger partial charge < -0.3 is 11.1 Å². The van der Waals surface area contributed by atoms with E-state index in [2.05, 4.69) is 58.6 Å². The van der Waals surface area contributed by atoms with Crippen LogP contribution < -0.4 is 11.1 Å². The monoisotopic (exact) mass is 294 g/mol. The van der Waals surface area contributed by atoms with Crippen molar-refractivity contribution in [1.82, 2.24) is 15.3 Å². The van der Waals surface area contributed by atoms with E-state index in [-0.39, 0.29) is 0 Å². The van der Waals surface area contributed by atoms with Gasteiger partial charge in [0.1, 0.15) is 0 Å². The maximum atomic E-state index is 5.50. The number of anilines is 1. The average molecular weight is 294 g/mol. The molecule has 0 radical (unpaired) electrons. The second kappa shape index (κ2) is 6.71. The van der Waals surface area contributed by atoms with Crippen molar-refractivity contribution in [3.8, 4) is 0 Å². The Kier molecular flexibility index (Phi) is 4.49. The summed E-state index contributed by atoms with van der Waals surface area (Å²) in [6.07, 6.45) is 8.21. The second-order valence-corrected chi connectivity index (χ2v) is 5.76. The Morgan fingerprint density at radius 1 is 1.27 bits per heavy atom. The van der Waals surface area contributed by atoms with Gasteiger partial charge in [0.05, 0.1) is 0 Å². The highest BCUT2D eigenvalue weighted by molar-refractivity contribution is 5.54. The summed E-state index contributed by atoms with van der Waals surface area (Å²) in [4.78, 5) is 8.04. The molecule has 1 heterocycles. The van der Waals surface area contributed by atoms with Crippen LogP contribution in [-0.4, -0.2) is 16.0 Å². The van der Waals surface area contributed by atoms with E-state index in [9.17, 15) is 0 Å². The smallest absolute Gasteiger partial charge is 0.219 e. The SMILES string of the molecule is CC/C(=C\c1ccccc1)[C@@H]1C[C@H]1NCc1cnc(N)nc1. The molecule has 1 aliphatic rings. The lowest BCUT2D eigenvalue weighted by Gasteiger charge is -2.07. The highest BCUT2D eigenvalue weighted by Crippen LogP contribution is 2.39. The molecule has 4 heteroatoms. The summed E-state index contributed by atoms with van der Waals surface area (Å²) < 4.78 is 0. The first-order valence-electron chi connectivity index (χ1n) is 7.81. The van der Waals surface area contributed by atoms with E-state index in [1.54, 1.807) is 12.4 Å². The molecular formula is C18H22N4. The van der Waals surface area contributed by atoms with E-state index in [0.717, 1.165) is 18.5 Å². The molecular weight excluding hydrogens is 272 g/mol. The quantitative estimate of drug-likeness (QED) is 0.859. The molecule has 1 saturated carbocycles. The molecule has 0 amide bonds. The highest BCUT2D eigenvalue weighted by Gasteiger charge is 2.38. The van der Waals surface area contributed by atoms with Crippen molar-refractivity contribution in [2.75, 3.05) is 5.73 Å². The van der Waals surface area contributed by atoms with Gasteiger partial charge in [0.2, 0.25) is 5.95 Å². The molecule has 2 aromatic rings. The molecule has 0 aliphatic heterocycles. The van der Waals surface area contributed by atoms with Crippen molar-refractivity contribution in [3.05, 3.63) is 59.4 Å². The molecule has 0 spiro atoms. The van der Waals surface area contributed by atoms with E-state index in [1.165, 1.54) is 17.6 Å². The molecule has 2 atom stereocenters. The number of aromatic nitrogens is 2. The molecule has 0 saturated heterocycles. The fourth-order valence-corrected chi connectivity index (χ4v) is 2.77. The molecule has 4 nitrogen and oxygen atoms in total. The minimum absolute atomic E-state index is 0.326. The Morgan fingerprint density at radius 3 is 2.68 bits per heavy atom. The molecule has 3 rings (SSSR count). The number of nitrogens with zero attached hydrogens (tertiary/aromatic N) is 2. The molecule has 3 N–H and O–H groups in total. The number of benzene rings is 1. The molecule has 1 aromatic carbocycles. The Labute approximate surface area is 131 Å². The fourth-order valence-electron chi connectivity index (χ4n) is 2.77. The van der Waals surface area contributed by atoms with Gasteiger partial charge in [0.15, 0.2) is 0 Å². The Balaban J connectivity index is 1.56. The van der Waals surface area contributed by atoms with Gasteiger partial charge in [-0.1, -0.05) is 48.9 Å². The van der Waals surface area contributed by atoms with Crippen LogP contribution >= 0.6 is 0 Å². The fraction of sp³-hybridized carbons (Fsp3) is 0.333. The number of hydrogen-bond acceptors (Lipinski definition) is 4. The molecule has 22 heavy (non-hydrogen) atoms. The average Bonchev–Trinajstić information content (AvgIpc) is 3.32. The molecule has 1 aliphatic carbocycles. The predicted octanol–water partition coefficient (Wildman–Crippen LogP) is 3.03. The summed E-state index contributed by atoms with van der Waals surface area (Å²) in [6.45, 7) is 3.03. The van der Waals surface area contributed by atoms with Crippen molar-refractivity contribution in [2.45, 2.75) is 32.4 Å². The predicted molar refractivity (Wildman–Crippen MR) is 89.9 cm³/mol. The van der Waals surface area contributed by atoms with Gasteiger partial charge in [-0.3, -0.25) is 0 Å². The third-order valence-electron chi connectivity index (χ3n) is 4.12. The summed E-state index contributed by atoms with van der Waals surface area (Å²) in [7, 11) is 0. The zero-order chi connectivity index (χ0) is 15.4. The van der Waals surface area contributed by atoms with E-state index < -0.39 is 0 Å². The summed E-state index contributed by atoms with van der Waals surface area (Å²) >= 11 is 0. The van der Waals surface area contributed by atoms with Gasteiger partial charge in [-0.2, -0.15) is 0 Å². The van der Waals surface area contributed by atoms with Crippen molar-refractivity contribution in [3.63, 3.8) is 0 Å². The lowest BCUT2D eigenvalue weighted by molar-refractivity contribution is 0.652. The lowest BCUT2D eigenvalue weighted by Crippen LogP contribution is -2.18. The zero-order valence-corrected chi connectivity index (χ0v) is 12.9. The van der Waals surface area contributed by atoms with Crippen LogP contribution in [0.4, 0.5) is 5.95 Å². The van der Waals surface area contributed by atoms with Gasteiger partial charge in [-0.25, -0.2) is 9.97 Å². The lowest BCUT2D eigenvalue weighted by atomic mass is 10.0. The van der Waals surface area contributed by atoms with Crippen LogP contribution in [0.1, 0.15) is 30.9 Å². The number of rotatable bonds is 6. The van der Waals surface area contributed by atoms with Crippen molar-refractivity contribution >= 4 is 12.0 Å². The number of nitrogens with one attached hydrogen (secondary N) is 1. The zero-order valence-electron chi connectivity index (χ0n) is 12.9. The Bertz CT molecular complexity index is 634. The number of hydrogen-bond donors (Lipinski definition) is 2. The second-order valence-electron chi connectivity index (χ2n) is 5.76. The van der Waals surface area contributed by atoms with Gasteiger partial charge in [0, 0.05) is 30.5 Å². The van der Waals surface area contributed by atoms with Crippen LogP contribution in [0.15, 0.2) is 48.3 Å². The van der Waals surface area contributed by atoms with Gasteiger partial charge in [-0.05, 0) is 24.3 Å². The third kappa shape index (κ3) is 3.71. The van der Waals surface area contributed by atoms with Crippen molar-refractivity contribution in [2.24, 2.45) is 5.92 Å². The first-order chi connectivity index (χ1) is 10.8. The molecule has 114 valence electrons. The Hall–Kier alpha value is -2.20. The first-order valence-corrected chi connectivity index (χ1v) is 7.81.